The van der Waals surface area contributed by atoms with Gasteiger partial charge in [0.2, 0.25) is 0 Å². The number of halogens is 1. The molecule has 1 heterocycles. The van der Waals surface area contributed by atoms with Gasteiger partial charge in [0.15, 0.2) is 0 Å². The van der Waals surface area contributed by atoms with Crippen molar-refractivity contribution in [3.8, 4) is 0 Å². The van der Waals surface area contributed by atoms with Crippen LogP contribution in [0.4, 0.5) is 5.82 Å². The quantitative estimate of drug-likeness (QED) is 0.752. The minimum absolute atomic E-state index is 0.572. The van der Waals surface area contributed by atoms with Gasteiger partial charge in [-0.3, -0.25) is 0 Å². The van der Waals surface area contributed by atoms with Crippen molar-refractivity contribution in [2.45, 2.75) is 51.5 Å². The molecule has 0 amide bonds. The van der Waals surface area contributed by atoms with E-state index in [1.54, 1.807) is 0 Å². The molecular weight excluding hydrogens is 244 g/mol. The third-order valence-electron chi connectivity index (χ3n) is 4.00. The molecule has 2 saturated carbocycles. The lowest BCUT2D eigenvalue weighted by atomic mass is 10.1. The normalized spacial score (nSPS) is 19.1. The number of aromatic nitrogens is 1. The highest BCUT2D eigenvalue weighted by Crippen LogP contribution is 2.39. The summed E-state index contributed by atoms with van der Waals surface area (Å²) in [5, 5.41) is 0. The van der Waals surface area contributed by atoms with Gasteiger partial charge in [-0.05, 0) is 57.1 Å². The molecule has 18 heavy (non-hydrogen) atoms. The maximum atomic E-state index is 6.14. The highest BCUT2D eigenvalue weighted by molar-refractivity contribution is 6.17. The van der Waals surface area contributed by atoms with E-state index in [-0.39, 0.29) is 0 Å². The van der Waals surface area contributed by atoms with Crippen LogP contribution in [0.5, 0.6) is 0 Å². The SMILES string of the molecule is Cc1cc(C)c(CCl)c(N(CC2CC2)C2CC2)n1. The third kappa shape index (κ3) is 2.49. The van der Waals surface area contributed by atoms with Crippen molar-refractivity contribution >= 4 is 17.4 Å². The van der Waals surface area contributed by atoms with Gasteiger partial charge in [0.25, 0.3) is 0 Å². The highest BCUT2D eigenvalue weighted by atomic mass is 35.5. The zero-order chi connectivity index (χ0) is 12.7. The van der Waals surface area contributed by atoms with E-state index in [1.807, 2.05) is 0 Å². The van der Waals surface area contributed by atoms with E-state index in [1.165, 1.54) is 43.4 Å². The summed E-state index contributed by atoms with van der Waals surface area (Å²) in [6, 6.07) is 2.87. The number of rotatable bonds is 5. The Balaban J connectivity index is 1.95. The van der Waals surface area contributed by atoms with Crippen molar-refractivity contribution in [2.75, 3.05) is 11.4 Å². The predicted octanol–water partition coefficient (Wildman–Crippen LogP) is 3.82. The van der Waals surface area contributed by atoms with Gasteiger partial charge in [0.1, 0.15) is 5.82 Å². The van der Waals surface area contributed by atoms with Crippen LogP contribution in [0.25, 0.3) is 0 Å². The molecule has 0 aromatic carbocycles. The number of alkyl halides is 1. The molecule has 3 heteroatoms. The van der Waals surface area contributed by atoms with Gasteiger partial charge in [0.05, 0.1) is 5.88 Å². The molecule has 0 bridgehead atoms. The average molecular weight is 265 g/mol. The van der Waals surface area contributed by atoms with Crippen LogP contribution >= 0.6 is 11.6 Å². The minimum atomic E-state index is 0.572. The number of hydrogen-bond acceptors (Lipinski definition) is 2. The Morgan fingerprint density at radius 3 is 2.56 bits per heavy atom. The summed E-state index contributed by atoms with van der Waals surface area (Å²) in [5.74, 6) is 2.63. The first kappa shape index (κ1) is 12.3. The molecule has 1 aromatic rings. The van der Waals surface area contributed by atoms with E-state index in [0.29, 0.717) is 5.88 Å². The molecule has 98 valence electrons. The van der Waals surface area contributed by atoms with Gasteiger partial charge in [0, 0.05) is 23.8 Å². The molecule has 0 saturated heterocycles. The van der Waals surface area contributed by atoms with Crippen molar-refractivity contribution < 1.29 is 0 Å². The maximum absolute atomic E-state index is 6.14. The molecule has 3 rings (SSSR count). The first-order chi connectivity index (χ1) is 8.69. The third-order valence-corrected chi connectivity index (χ3v) is 4.27. The lowest BCUT2D eigenvalue weighted by Crippen LogP contribution is -2.30. The van der Waals surface area contributed by atoms with Crippen molar-refractivity contribution in [3.05, 3.63) is 22.9 Å². The van der Waals surface area contributed by atoms with E-state index >= 15 is 0 Å². The molecule has 0 aliphatic heterocycles. The van der Waals surface area contributed by atoms with Gasteiger partial charge in [-0.25, -0.2) is 4.98 Å². The Morgan fingerprint density at radius 2 is 2.00 bits per heavy atom. The second kappa shape index (κ2) is 4.73. The zero-order valence-corrected chi connectivity index (χ0v) is 12.0. The first-order valence-electron chi connectivity index (χ1n) is 6.98. The molecule has 0 radical (unpaired) electrons. The Kier molecular flexibility index (Phi) is 3.23. The van der Waals surface area contributed by atoms with Crippen LogP contribution in [0, 0.1) is 19.8 Å². The van der Waals surface area contributed by atoms with Crippen molar-refractivity contribution in [1.29, 1.82) is 0 Å². The summed E-state index contributed by atoms with van der Waals surface area (Å²) in [7, 11) is 0. The van der Waals surface area contributed by atoms with Gasteiger partial charge in [-0.2, -0.15) is 0 Å². The predicted molar refractivity (Wildman–Crippen MR) is 76.4 cm³/mol. The Hall–Kier alpha value is -0.760. The van der Waals surface area contributed by atoms with Gasteiger partial charge in [-0.15, -0.1) is 11.6 Å². The molecule has 1 aromatic heterocycles. The fourth-order valence-electron chi connectivity index (χ4n) is 2.62. The van der Waals surface area contributed by atoms with Crippen LogP contribution in [0.1, 0.15) is 42.5 Å². The summed E-state index contributed by atoms with van der Waals surface area (Å²) in [5.41, 5.74) is 3.63. The summed E-state index contributed by atoms with van der Waals surface area (Å²) in [4.78, 5) is 7.33. The molecule has 2 nitrogen and oxygen atoms in total. The molecule has 0 atom stereocenters. The molecule has 2 aliphatic rings. The van der Waals surface area contributed by atoms with Crippen molar-refractivity contribution in [3.63, 3.8) is 0 Å². The number of nitrogens with zero attached hydrogens (tertiary/aromatic N) is 2. The van der Waals surface area contributed by atoms with E-state index in [4.69, 9.17) is 16.6 Å². The van der Waals surface area contributed by atoms with E-state index in [2.05, 4.69) is 24.8 Å². The molecular formula is C15H21ClN2. The van der Waals surface area contributed by atoms with E-state index in [9.17, 15) is 0 Å². The van der Waals surface area contributed by atoms with E-state index in [0.717, 1.165) is 23.5 Å². The zero-order valence-electron chi connectivity index (χ0n) is 11.2. The van der Waals surface area contributed by atoms with Gasteiger partial charge in [-0.1, -0.05) is 0 Å². The first-order valence-corrected chi connectivity index (χ1v) is 7.52. The second-order valence-electron chi connectivity index (χ2n) is 5.84. The smallest absolute Gasteiger partial charge is 0.133 e. The summed E-state index contributed by atoms with van der Waals surface area (Å²) in [6.45, 7) is 5.42. The summed E-state index contributed by atoms with van der Waals surface area (Å²) in [6.07, 6.45) is 5.43. The number of anilines is 1. The number of pyridine rings is 1. The molecule has 2 aliphatic carbocycles. The summed E-state index contributed by atoms with van der Waals surface area (Å²) >= 11 is 6.14. The standard InChI is InChI=1S/C15H21ClN2/c1-10-7-11(2)17-15(14(10)8-16)18(13-5-6-13)9-12-3-4-12/h7,12-13H,3-6,8-9H2,1-2H3. The summed E-state index contributed by atoms with van der Waals surface area (Å²) < 4.78 is 0. The Bertz CT molecular complexity index is 450. The highest BCUT2D eigenvalue weighted by Gasteiger charge is 2.35. The largest absolute Gasteiger partial charge is 0.353 e. The van der Waals surface area contributed by atoms with Crippen LogP contribution in [0.3, 0.4) is 0 Å². The van der Waals surface area contributed by atoms with Crippen molar-refractivity contribution in [2.24, 2.45) is 5.92 Å². The molecule has 0 spiro atoms. The lowest BCUT2D eigenvalue weighted by molar-refractivity contribution is 0.704. The average Bonchev–Trinajstić information content (AvgIpc) is 3.17. The minimum Gasteiger partial charge on any atom is -0.353 e. The van der Waals surface area contributed by atoms with E-state index < -0.39 is 0 Å². The van der Waals surface area contributed by atoms with Crippen LogP contribution in [-0.4, -0.2) is 17.6 Å². The van der Waals surface area contributed by atoms with Gasteiger partial charge >= 0.3 is 0 Å². The van der Waals surface area contributed by atoms with Crippen LogP contribution < -0.4 is 4.90 Å². The second-order valence-corrected chi connectivity index (χ2v) is 6.11. The van der Waals surface area contributed by atoms with Crippen molar-refractivity contribution in [1.82, 2.24) is 4.98 Å². The number of hydrogen-bond donors (Lipinski definition) is 0. The van der Waals surface area contributed by atoms with Crippen LogP contribution in [-0.2, 0) is 5.88 Å². The Morgan fingerprint density at radius 1 is 1.28 bits per heavy atom. The van der Waals surface area contributed by atoms with Crippen LogP contribution in [0.2, 0.25) is 0 Å². The fraction of sp³-hybridized carbons (Fsp3) is 0.667. The topological polar surface area (TPSA) is 16.1 Å². The molecule has 0 unspecified atom stereocenters. The molecule has 0 N–H and O–H groups in total. The Labute approximate surface area is 114 Å². The van der Waals surface area contributed by atoms with Crippen LogP contribution in [0.15, 0.2) is 6.07 Å². The molecule has 2 fully saturated rings. The fourth-order valence-corrected chi connectivity index (χ4v) is 2.95. The number of aryl methyl sites for hydroxylation is 2. The monoisotopic (exact) mass is 264 g/mol. The lowest BCUT2D eigenvalue weighted by Gasteiger charge is -2.26. The maximum Gasteiger partial charge on any atom is 0.133 e. The van der Waals surface area contributed by atoms with Gasteiger partial charge < -0.3 is 4.90 Å².